The van der Waals surface area contributed by atoms with Gasteiger partial charge >= 0.3 is 0 Å². The minimum Gasteiger partial charge on any atom is -0.382 e. The predicted octanol–water partition coefficient (Wildman–Crippen LogP) is 3.89. The highest BCUT2D eigenvalue weighted by molar-refractivity contribution is 5.55. The monoisotopic (exact) mass is 248 g/mol. The second-order valence-corrected chi connectivity index (χ2v) is 5.33. The zero-order valence-corrected chi connectivity index (χ0v) is 11.0. The Morgan fingerprint density at radius 1 is 1.50 bits per heavy atom. The van der Waals surface area contributed by atoms with Gasteiger partial charge in [-0.15, -0.1) is 0 Å². The van der Waals surface area contributed by atoms with E-state index in [0.29, 0.717) is 6.04 Å². The predicted molar refractivity (Wildman–Crippen MR) is 72.9 cm³/mol. The Bertz CT molecular complexity index is 441. The van der Waals surface area contributed by atoms with Gasteiger partial charge in [0.05, 0.1) is 4.92 Å². The number of nitro groups is 1. The molecule has 0 bridgehead atoms. The van der Waals surface area contributed by atoms with Crippen LogP contribution in [0.25, 0.3) is 0 Å². The van der Waals surface area contributed by atoms with E-state index in [4.69, 9.17) is 0 Å². The van der Waals surface area contributed by atoms with Crippen molar-refractivity contribution in [2.24, 2.45) is 5.92 Å². The second kappa shape index (κ2) is 5.38. The van der Waals surface area contributed by atoms with E-state index in [9.17, 15) is 10.1 Å². The molecule has 0 heterocycles. The molecule has 0 aliphatic heterocycles. The van der Waals surface area contributed by atoms with Gasteiger partial charge in [0, 0.05) is 23.9 Å². The fourth-order valence-electron chi connectivity index (χ4n) is 2.48. The van der Waals surface area contributed by atoms with Crippen LogP contribution in [-0.2, 0) is 0 Å². The first kappa shape index (κ1) is 12.9. The van der Waals surface area contributed by atoms with Crippen LogP contribution in [0.2, 0.25) is 0 Å². The third kappa shape index (κ3) is 3.00. The van der Waals surface area contributed by atoms with E-state index >= 15 is 0 Å². The maximum absolute atomic E-state index is 10.7. The summed E-state index contributed by atoms with van der Waals surface area (Å²) in [6.07, 6.45) is 5.26. The third-order valence-corrected chi connectivity index (χ3v) is 3.73. The lowest BCUT2D eigenvalue weighted by molar-refractivity contribution is -0.384. The maximum atomic E-state index is 10.7. The molecular formula is C14H20N2O2. The number of nitrogens with one attached hydrogen (secondary N) is 1. The van der Waals surface area contributed by atoms with E-state index in [1.807, 2.05) is 13.0 Å². The van der Waals surface area contributed by atoms with Crippen LogP contribution in [-0.4, -0.2) is 11.0 Å². The fourth-order valence-corrected chi connectivity index (χ4v) is 2.48. The molecule has 0 radical (unpaired) electrons. The van der Waals surface area contributed by atoms with Gasteiger partial charge in [-0.1, -0.05) is 19.3 Å². The van der Waals surface area contributed by atoms with Crippen LogP contribution in [0.3, 0.4) is 0 Å². The SMILES string of the molecule is Cc1cc([N+](=O)[O-])ccc1NC(C)CC1CCC1. The summed E-state index contributed by atoms with van der Waals surface area (Å²) < 4.78 is 0. The molecule has 0 aromatic heterocycles. The van der Waals surface area contributed by atoms with Gasteiger partial charge in [0.15, 0.2) is 0 Å². The molecule has 1 fully saturated rings. The van der Waals surface area contributed by atoms with Crippen LogP contribution in [0.1, 0.15) is 38.2 Å². The summed E-state index contributed by atoms with van der Waals surface area (Å²) in [5.74, 6) is 0.867. The van der Waals surface area contributed by atoms with Gasteiger partial charge < -0.3 is 5.32 Å². The van der Waals surface area contributed by atoms with E-state index in [2.05, 4.69) is 12.2 Å². The number of nitrogens with zero attached hydrogens (tertiary/aromatic N) is 1. The summed E-state index contributed by atoms with van der Waals surface area (Å²) >= 11 is 0. The molecule has 1 aromatic rings. The smallest absolute Gasteiger partial charge is 0.269 e. The van der Waals surface area contributed by atoms with Crippen molar-refractivity contribution < 1.29 is 4.92 Å². The van der Waals surface area contributed by atoms with Crippen molar-refractivity contribution in [1.29, 1.82) is 0 Å². The lowest BCUT2D eigenvalue weighted by Crippen LogP contribution is -2.23. The van der Waals surface area contributed by atoms with E-state index in [1.165, 1.54) is 25.7 Å². The van der Waals surface area contributed by atoms with Crippen molar-refractivity contribution in [2.45, 2.75) is 45.6 Å². The number of rotatable bonds is 5. The maximum Gasteiger partial charge on any atom is 0.269 e. The van der Waals surface area contributed by atoms with Gasteiger partial charge in [0.2, 0.25) is 0 Å². The topological polar surface area (TPSA) is 55.2 Å². The Kier molecular flexibility index (Phi) is 3.84. The molecule has 1 aromatic carbocycles. The summed E-state index contributed by atoms with van der Waals surface area (Å²) in [5, 5.41) is 14.1. The summed E-state index contributed by atoms with van der Waals surface area (Å²) in [5.41, 5.74) is 2.10. The van der Waals surface area contributed by atoms with Crippen LogP contribution in [0.4, 0.5) is 11.4 Å². The lowest BCUT2D eigenvalue weighted by atomic mass is 9.81. The van der Waals surface area contributed by atoms with E-state index < -0.39 is 0 Å². The van der Waals surface area contributed by atoms with Crippen molar-refractivity contribution in [3.63, 3.8) is 0 Å². The fraction of sp³-hybridized carbons (Fsp3) is 0.571. The van der Waals surface area contributed by atoms with Crippen molar-refractivity contribution >= 4 is 11.4 Å². The van der Waals surface area contributed by atoms with Crippen molar-refractivity contribution in [3.05, 3.63) is 33.9 Å². The summed E-state index contributed by atoms with van der Waals surface area (Å²) in [6, 6.07) is 5.42. The molecule has 4 heteroatoms. The van der Waals surface area contributed by atoms with E-state index in [-0.39, 0.29) is 10.6 Å². The molecule has 2 rings (SSSR count). The minimum atomic E-state index is -0.353. The third-order valence-electron chi connectivity index (χ3n) is 3.73. The molecule has 18 heavy (non-hydrogen) atoms. The Morgan fingerprint density at radius 3 is 2.72 bits per heavy atom. The molecule has 1 unspecified atom stereocenters. The molecule has 1 N–H and O–H groups in total. The molecular weight excluding hydrogens is 228 g/mol. The Balaban J connectivity index is 1.97. The van der Waals surface area contributed by atoms with Gasteiger partial charge in [-0.2, -0.15) is 0 Å². The average Bonchev–Trinajstić information content (AvgIpc) is 2.26. The first-order chi connectivity index (χ1) is 8.56. The Morgan fingerprint density at radius 2 is 2.22 bits per heavy atom. The van der Waals surface area contributed by atoms with E-state index in [0.717, 1.165) is 17.2 Å². The van der Waals surface area contributed by atoms with Gasteiger partial charge in [0.1, 0.15) is 0 Å². The Hall–Kier alpha value is -1.58. The van der Waals surface area contributed by atoms with E-state index in [1.54, 1.807) is 12.1 Å². The molecule has 1 saturated carbocycles. The van der Waals surface area contributed by atoms with Crippen LogP contribution in [0, 0.1) is 23.0 Å². The molecule has 1 aliphatic carbocycles. The zero-order chi connectivity index (χ0) is 13.1. The number of hydrogen-bond acceptors (Lipinski definition) is 3. The zero-order valence-electron chi connectivity index (χ0n) is 11.0. The normalized spacial score (nSPS) is 17.0. The molecule has 1 aliphatic rings. The molecule has 0 spiro atoms. The highest BCUT2D eigenvalue weighted by Gasteiger charge is 2.20. The summed E-state index contributed by atoms with van der Waals surface area (Å²) in [7, 11) is 0. The first-order valence-electron chi connectivity index (χ1n) is 6.58. The molecule has 4 nitrogen and oxygen atoms in total. The van der Waals surface area contributed by atoms with Gasteiger partial charge in [-0.05, 0) is 37.8 Å². The molecule has 98 valence electrons. The molecule has 0 amide bonds. The standard InChI is InChI=1S/C14H20N2O2/c1-10-8-13(16(17)18)6-7-14(10)15-11(2)9-12-4-3-5-12/h6-8,11-12,15H,3-5,9H2,1-2H3. The number of nitro benzene ring substituents is 1. The quantitative estimate of drug-likeness (QED) is 0.635. The van der Waals surface area contributed by atoms with Gasteiger partial charge in [-0.3, -0.25) is 10.1 Å². The number of anilines is 1. The summed E-state index contributed by atoms with van der Waals surface area (Å²) in [6.45, 7) is 4.09. The van der Waals surface area contributed by atoms with Crippen LogP contribution in [0.5, 0.6) is 0 Å². The van der Waals surface area contributed by atoms with Crippen molar-refractivity contribution in [2.75, 3.05) is 5.32 Å². The van der Waals surface area contributed by atoms with Gasteiger partial charge in [-0.25, -0.2) is 0 Å². The van der Waals surface area contributed by atoms with Crippen LogP contribution in [0.15, 0.2) is 18.2 Å². The number of hydrogen-bond donors (Lipinski definition) is 1. The number of aryl methyl sites for hydroxylation is 1. The van der Waals surface area contributed by atoms with Crippen LogP contribution >= 0.6 is 0 Å². The first-order valence-corrected chi connectivity index (χ1v) is 6.58. The number of non-ortho nitro benzene ring substituents is 1. The Labute approximate surface area is 108 Å². The molecule has 1 atom stereocenters. The molecule has 0 saturated heterocycles. The minimum absolute atomic E-state index is 0.157. The summed E-state index contributed by atoms with van der Waals surface area (Å²) in [4.78, 5) is 10.3. The second-order valence-electron chi connectivity index (χ2n) is 5.33. The average molecular weight is 248 g/mol. The van der Waals surface area contributed by atoms with Crippen LogP contribution < -0.4 is 5.32 Å². The number of benzene rings is 1. The lowest BCUT2D eigenvalue weighted by Gasteiger charge is -2.29. The van der Waals surface area contributed by atoms with Gasteiger partial charge in [0.25, 0.3) is 5.69 Å². The highest BCUT2D eigenvalue weighted by Crippen LogP contribution is 2.31. The highest BCUT2D eigenvalue weighted by atomic mass is 16.6. The largest absolute Gasteiger partial charge is 0.382 e. The van der Waals surface area contributed by atoms with Crippen molar-refractivity contribution in [1.82, 2.24) is 0 Å². The van der Waals surface area contributed by atoms with Crippen molar-refractivity contribution in [3.8, 4) is 0 Å².